The normalized spacial score (nSPS) is 15.5. The Bertz CT molecular complexity index is 481. The van der Waals surface area contributed by atoms with Crippen LogP contribution in [0.1, 0.15) is 19.3 Å². The molecule has 1 aromatic rings. The van der Waals surface area contributed by atoms with Gasteiger partial charge in [0.15, 0.2) is 0 Å². The minimum atomic E-state index is -0.297. The smallest absolute Gasteiger partial charge is 0.415 e. The molecular formula is C16H19NO3. The van der Waals surface area contributed by atoms with Crippen molar-refractivity contribution in [3.05, 3.63) is 24.3 Å². The summed E-state index contributed by atoms with van der Waals surface area (Å²) in [5, 5.41) is 0. The molecule has 0 spiro atoms. The van der Waals surface area contributed by atoms with Crippen molar-refractivity contribution in [1.29, 1.82) is 0 Å². The Morgan fingerprint density at radius 2 is 1.90 bits per heavy atom. The van der Waals surface area contributed by atoms with Crippen molar-refractivity contribution in [1.82, 2.24) is 4.90 Å². The topological polar surface area (TPSA) is 38.8 Å². The molecule has 106 valence electrons. The summed E-state index contributed by atoms with van der Waals surface area (Å²) in [6.45, 7) is 1.42. The van der Waals surface area contributed by atoms with Crippen LogP contribution in [0, 0.1) is 18.3 Å². The van der Waals surface area contributed by atoms with Crippen LogP contribution in [-0.4, -0.2) is 31.2 Å². The fraction of sp³-hybridized carbons (Fsp3) is 0.438. The quantitative estimate of drug-likeness (QED) is 0.795. The van der Waals surface area contributed by atoms with Gasteiger partial charge in [-0.05, 0) is 43.0 Å². The van der Waals surface area contributed by atoms with Crippen LogP contribution < -0.4 is 9.47 Å². The van der Waals surface area contributed by atoms with Gasteiger partial charge in [0.2, 0.25) is 0 Å². The van der Waals surface area contributed by atoms with Crippen molar-refractivity contribution >= 4 is 6.09 Å². The number of nitrogens with zero attached hydrogens (tertiary/aromatic N) is 1. The van der Waals surface area contributed by atoms with Gasteiger partial charge in [-0.15, -0.1) is 12.3 Å². The van der Waals surface area contributed by atoms with Crippen molar-refractivity contribution < 1.29 is 14.3 Å². The van der Waals surface area contributed by atoms with Gasteiger partial charge in [0, 0.05) is 19.5 Å². The molecule has 1 amide bonds. The minimum absolute atomic E-state index is 0.297. The number of methoxy groups -OCH3 is 1. The first kappa shape index (κ1) is 14.3. The summed E-state index contributed by atoms with van der Waals surface area (Å²) in [5.74, 6) is 4.48. The average Bonchev–Trinajstić information content (AvgIpc) is 2.49. The van der Waals surface area contributed by atoms with Gasteiger partial charge in [-0.2, -0.15) is 0 Å². The summed E-state index contributed by atoms with van der Waals surface area (Å²) in [6, 6.07) is 6.98. The molecule has 1 heterocycles. The summed E-state index contributed by atoms with van der Waals surface area (Å²) in [7, 11) is 1.60. The van der Waals surface area contributed by atoms with Gasteiger partial charge in [-0.25, -0.2) is 4.79 Å². The SMILES string of the molecule is C#CCC1CCN(C(=O)Oc2ccc(OC)cc2)CC1. The zero-order valence-electron chi connectivity index (χ0n) is 11.7. The molecule has 0 radical (unpaired) electrons. The van der Waals surface area contributed by atoms with E-state index in [2.05, 4.69) is 5.92 Å². The Balaban J connectivity index is 1.84. The van der Waals surface area contributed by atoms with Gasteiger partial charge in [0.25, 0.3) is 0 Å². The number of hydrogen-bond donors (Lipinski definition) is 0. The van der Waals surface area contributed by atoms with E-state index >= 15 is 0 Å². The highest BCUT2D eigenvalue weighted by Crippen LogP contribution is 2.22. The number of carbonyl (C=O) groups is 1. The van der Waals surface area contributed by atoms with E-state index in [-0.39, 0.29) is 6.09 Å². The number of likely N-dealkylation sites (tertiary alicyclic amines) is 1. The lowest BCUT2D eigenvalue weighted by Gasteiger charge is -2.30. The molecule has 0 aromatic heterocycles. The first-order valence-electron chi connectivity index (χ1n) is 6.77. The number of piperidine rings is 1. The maximum atomic E-state index is 12.0. The zero-order chi connectivity index (χ0) is 14.4. The molecule has 4 nitrogen and oxygen atoms in total. The largest absolute Gasteiger partial charge is 0.497 e. The molecule has 1 aromatic carbocycles. The molecule has 1 fully saturated rings. The molecule has 0 aliphatic carbocycles. The molecule has 2 rings (SSSR count). The van der Waals surface area contributed by atoms with Gasteiger partial charge in [-0.1, -0.05) is 0 Å². The second-order valence-electron chi connectivity index (χ2n) is 4.88. The van der Waals surface area contributed by atoms with Crippen LogP contribution in [0.4, 0.5) is 4.79 Å². The van der Waals surface area contributed by atoms with Crippen molar-refractivity contribution in [2.45, 2.75) is 19.3 Å². The monoisotopic (exact) mass is 273 g/mol. The molecule has 0 N–H and O–H groups in total. The van der Waals surface area contributed by atoms with E-state index in [9.17, 15) is 4.79 Å². The van der Waals surface area contributed by atoms with Gasteiger partial charge in [-0.3, -0.25) is 0 Å². The fourth-order valence-electron chi connectivity index (χ4n) is 2.30. The lowest BCUT2D eigenvalue weighted by Crippen LogP contribution is -2.40. The molecule has 0 atom stereocenters. The van der Waals surface area contributed by atoms with Crippen LogP contribution in [0.25, 0.3) is 0 Å². The lowest BCUT2D eigenvalue weighted by molar-refractivity contribution is 0.131. The number of amides is 1. The Kier molecular flexibility index (Phi) is 4.89. The van der Waals surface area contributed by atoms with E-state index in [1.807, 2.05) is 0 Å². The summed E-state index contributed by atoms with van der Waals surface area (Å²) in [5.41, 5.74) is 0. The third-order valence-corrected chi connectivity index (χ3v) is 3.54. The first-order valence-corrected chi connectivity index (χ1v) is 6.77. The van der Waals surface area contributed by atoms with Crippen LogP contribution in [0.5, 0.6) is 11.5 Å². The van der Waals surface area contributed by atoms with Crippen LogP contribution in [-0.2, 0) is 0 Å². The molecule has 1 aliphatic rings. The number of terminal acetylenes is 1. The van der Waals surface area contributed by atoms with Crippen LogP contribution >= 0.6 is 0 Å². The summed E-state index contributed by atoms with van der Waals surface area (Å²) < 4.78 is 10.4. The Hall–Kier alpha value is -2.15. The van der Waals surface area contributed by atoms with Crippen LogP contribution in [0.2, 0.25) is 0 Å². The van der Waals surface area contributed by atoms with E-state index in [0.717, 1.165) is 25.0 Å². The Morgan fingerprint density at radius 1 is 1.30 bits per heavy atom. The predicted octanol–water partition coefficient (Wildman–Crippen LogP) is 2.93. The maximum absolute atomic E-state index is 12.0. The first-order chi connectivity index (χ1) is 9.72. The van der Waals surface area contributed by atoms with Crippen LogP contribution in [0.15, 0.2) is 24.3 Å². The van der Waals surface area contributed by atoms with Gasteiger partial charge in [0.1, 0.15) is 11.5 Å². The molecule has 4 heteroatoms. The van der Waals surface area contributed by atoms with E-state index < -0.39 is 0 Å². The highest BCUT2D eigenvalue weighted by molar-refractivity contribution is 5.70. The van der Waals surface area contributed by atoms with E-state index in [4.69, 9.17) is 15.9 Å². The number of benzene rings is 1. The second-order valence-corrected chi connectivity index (χ2v) is 4.88. The standard InChI is InChI=1S/C16H19NO3/c1-3-4-13-9-11-17(12-10-13)16(18)20-15-7-5-14(19-2)6-8-15/h1,5-8,13H,4,9-12H2,2H3. The summed E-state index contributed by atoms with van der Waals surface area (Å²) in [4.78, 5) is 13.8. The Labute approximate surface area is 119 Å². The van der Waals surface area contributed by atoms with E-state index in [1.165, 1.54) is 0 Å². The van der Waals surface area contributed by atoms with E-state index in [0.29, 0.717) is 24.8 Å². The van der Waals surface area contributed by atoms with Gasteiger partial charge in [0.05, 0.1) is 7.11 Å². The number of carbonyl (C=O) groups excluding carboxylic acids is 1. The molecule has 0 bridgehead atoms. The minimum Gasteiger partial charge on any atom is -0.497 e. The average molecular weight is 273 g/mol. The molecular weight excluding hydrogens is 254 g/mol. The molecule has 1 aliphatic heterocycles. The second kappa shape index (κ2) is 6.85. The number of hydrogen-bond acceptors (Lipinski definition) is 3. The third kappa shape index (κ3) is 3.67. The summed E-state index contributed by atoms with van der Waals surface area (Å²) in [6.07, 6.45) is 7.70. The molecule has 0 unspecified atom stereocenters. The van der Waals surface area contributed by atoms with Crippen molar-refractivity contribution in [2.75, 3.05) is 20.2 Å². The highest BCUT2D eigenvalue weighted by atomic mass is 16.6. The molecule has 0 saturated carbocycles. The number of ether oxygens (including phenoxy) is 2. The van der Waals surface area contributed by atoms with Crippen LogP contribution in [0.3, 0.4) is 0 Å². The Morgan fingerprint density at radius 3 is 2.45 bits per heavy atom. The lowest BCUT2D eigenvalue weighted by atomic mass is 9.94. The van der Waals surface area contributed by atoms with Gasteiger partial charge < -0.3 is 14.4 Å². The zero-order valence-corrected chi connectivity index (χ0v) is 11.7. The van der Waals surface area contributed by atoms with Crippen molar-refractivity contribution in [2.24, 2.45) is 5.92 Å². The summed E-state index contributed by atoms with van der Waals surface area (Å²) >= 11 is 0. The maximum Gasteiger partial charge on any atom is 0.415 e. The number of rotatable bonds is 3. The third-order valence-electron chi connectivity index (χ3n) is 3.54. The van der Waals surface area contributed by atoms with Gasteiger partial charge >= 0.3 is 6.09 Å². The predicted molar refractivity (Wildman–Crippen MR) is 76.8 cm³/mol. The fourth-order valence-corrected chi connectivity index (χ4v) is 2.30. The van der Waals surface area contributed by atoms with Crippen molar-refractivity contribution in [3.8, 4) is 23.8 Å². The molecule has 20 heavy (non-hydrogen) atoms. The van der Waals surface area contributed by atoms with Crippen molar-refractivity contribution in [3.63, 3.8) is 0 Å². The highest BCUT2D eigenvalue weighted by Gasteiger charge is 2.23. The van der Waals surface area contributed by atoms with E-state index in [1.54, 1.807) is 36.3 Å². The molecule has 1 saturated heterocycles.